The van der Waals surface area contributed by atoms with Crippen LogP contribution in [0.5, 0.6) is 11.5 Å². The summed E-state index contributed by atoms with van der Waals surface area (Å²) in [7, 11) is 2.82. The summed E-state index contributed by atoms with van der Waals surface area (Å²) in [4.78, 5) is 12.2. The fourth-order valence-corrected chi connectivity index (χ4v) is 1.76. The van der Waals surface area contributed by atoms with E-state index >= 15 is 0 Å². The lowest BCUT2D eigenvalue weighted by atomic mass is 10.1. The lowest BCUT2D eigenvalue weighted by Crippen LogP contribution is -2.06. The highest BCUT2D eigenvalue weighted by Gasteiger charge is 2.21. The Bertz CT molecular complexity index is 616. The lowest BCUT2D eigenvalue weighted by Gasteiger charge is -2.09. The number of carbonyl (C=O) groups excluding carboxylic acids is 1. The molecule has 0 atom stereocenters. The summed E-state index contributed by atoms with van der Waals surface area (Å²) in [6.07, 6.45) is 1.39. The molecule has 2 rings (SSSR count). The molecule has 100 valence electrons. The molecule has 4 nitrogen and oxygen atoms in total. The van der Waals surface area contributed by atoms with Crippen LogP contribution >= 0.6 is 0 Å². The van der Waals surface area contributed by atoms with E-state index in [0.717, 1.165) is 6.07 Å². The van der Waals surface area contributed by atoms with Crippen molar-refractivity contribution in [2.24, 2.45) is 0 Å². The quantitative estimate of drug-likeness (QED) is 0.796. The van der Waals surface area contributed by atoms with E-state index < -0.39 is 11.6 Å². The predicted octanol–water partition coefficient (Wildman–Crippen LogP) is 2.98. The van der Waals surface area contributed by atoms with Crippen molar-refractivity contribution in [3.8, 4) is 11.5 Å². The van der Waals surface area contributed by atoms with E-state index in [9.17, 15) is 9.18 Å². The van der Waals surface area contributed by atoms with Crippen molar-refractivity contribution >= 4 is 5.78 Å². The second-order valence-corrected chi connectivity index (χ2v) is 3.95. The minimum absolute atomic E-state index is 0.115. The second kappa shape index (κ2) is 5.14. The molecule has 0 saturated heterocycles. The number of rotatable bonds is 4. The Morgan fingerprint density at radius 2 is 1.84 bits per heavy atom. The highest BCUT2D eigenvalue weighted by atomic mass is 19.1. The highest BCUT2D eigenvalue weighted by Crippen LogP contribution is 2.31. The molecular weight excluding hydrogens is 251 g/mol. The molecule has 0 aliphatic rings. The van der Waals surface area contributed by atoms with Gasteiger partial charge in [-0.15, -0.1) is 0 Å². The van der Waals surface area contributed by atoms with Gasteiger partial charge in [0.25, 0.3) is 0 Å². The van der Waals surface area contributed by atoms with E-state index in [1.807, 2.05) is 0 Å². The number of carbonyl (C=O) groups is 1. The number of ether oxygens (including phenoxy) is 2. The van der Waals surface area contributed by atoms with Gasteiger partial charge >= 0.3 is 0 Å². The van der Waals surface area contributed by atoms with E-state index in [1.54, 1.807) is 13.0 Å². The molecule has 1 aromatic heterocycles. The zero-order chi connectivity index (χ0) is 14.0. The molecule has 0 N–H and O–H groups in total. The van der Waals surface area contributed by atoms with Gasteiger partial charge in [-0.25, -0.2) is 4.39 Å². The molecule has 1 heterocycles. The van der Waals surface area contributed by atoms with Crippen LogP contribution in [-0.4, -0.2) is 20.0 Å². The fraction of sp³-hybridized carbons (Fsp3) is 0.214. The number of methoxy groups -OCH3 is 2. The molecule has 0 amide bonds. The van der Waals surface area contributed by atoms with Gasteiger partial charge in [-0.05, 0) is 24.6 Å². The van der Waals surface area contributed by atoms with Crippen molar-refractivity contribution < 1.29 is 23.1 Å². The summed E-state index contributed by atoms with van der Waals surface area (Å²) in [5.74, 6) is -0.574. The first-order valence-corrected chi connectivity index (χ1v) is 5.58. The molecule has 0 saturated carbocycles. The predicted molar refractivity (Wildman–Crippen MR) is 66.4 cm³/mol. The Labute approximate surface area is 109 Å². The summed E-state index contributed by atoms with van der Waals surface area (Å²) in [6, 6.07) is 4.06. The van der Waals surface area contributed by atoms with Gasteiger partial charge in [0.1, 0.15) is 5.82 Å². The molecule has 0 aliphatic carbocycles. The van der Waals surface area contributed by atoms with Crippen molar-refractivity contribution in [2.45, 2.75) is 6.92 Å². The van der Waals surface area contributed by atoms with Crippen LogP contribution < -0.4 is 9.47 Å². The molecule has 0 aliphatic heterocycles. The minimum Gasteiger partial charge on any atom is -0.493 e. The Hall–Kier alpha value is -2.30. The first kappa shape index (κ1) is 13.1. The third kappa shape index (κ3) is 2.31. The van der Waals surface area contributed by atoms with E-state index in [1.165, 1.54) is 26.5 Å². The molecular formula is C14H13FO4. The average Bonchev–Trinajstić information content (AvgIpc) is 2.83. The van der Waals surface area contributed by atoms with E-state index in [-0.39, 0.29) is 22.8 Å². The van der Waals surface area contributed by atoms with Crippen molar-refractivity contribution in [3.63, 3.8) is 0 Å². The summed E-state index contributed by atoms with van der Waals surface area (Å²) in [6.45, 7) is 1.72. The third-order valence-electron chi connectivity index (χ3n) is 2.79. The molecule has 0 bridgehead atoms. The zero-order valence-corrected chi connectivity index (χ0v) is 10.8. The first-order chi connectivity index (χ1) is 9.08. The monoisotopic (exact) mass is 264 g/mol. The van der Waals surface area contributed by atoms with Gasteiger partial charge in [-0.1, -0.05) is 0 Å². The van der Waals surface area contributed by atoms with Gasteiger partial charge in [0.15, 0.2) is 17.3 Å². The molecule has 0 radical (unpaired) electrons. The molecule has 0 fully saturated rings. The molecule has 19 heavy (non-hydrogen) atoms. The van der Waals surface area contributed by atoms with Gasteiger partial charge in [0.05, 0.1) is 26.0 Å². The smallest absolute Gasteiger partial charge is 0.231 e. The van der Waals surface area contributed by atoms with Crippen LogP contribution in [0.15, 0.2) is 28.9 Å². The van der Waals surface area contributed by atoms with Crippen LogP contribution in [-0.2, 0) is 0 Å². The van der Waals surface area contributed by atoms with E-state index in [2.05, 4.69) is 0 Å². The van der Waals surface area contributed by atoms with Crippen LogP contribution in [0, 0.1) is 12.7 Å². The maximum Gasteiger partial charge on any atom is 0.231 e. The number of benzene rings is 1. The SMILES string of the molecule is COc1cc(F)c(C(=O)c2occc2C)cc1OC. The number of hydrogen-bond acceptors (Lipinski definition) is 4. The van der Waals surface area contributed by atoms with Crippen molar-refractivity contribution in [1.29, 1.82) is 0 Å². The number of aryl methyl sites for hydroxylation is 1. The largest absolute Gasteiger partial charge is 0.493 e. The van der Waals surface area contributed by atoms with Crippen LogP contribution in [0.2, 0.25) is 0 Å². The Balaban J connectivity index is 2.51. The first-order valence-electron chi connectivity index (χ1n) is 5.58. The van der Waals surface area contributed by atoms with Crippen molar-refractivity contribution in [3.05, 3.63) is 47.2 Å². The van der Waals surface area contributed by atoms with Gasteiger partial charge in [-0.3, -0.25) is 4.79 Å². The molecule has 0 unspecified atom stereocenters. The van der Waals surface area contributed by atoms with Crippen LogP contribution in [0.25, 0.3) is 0 Å². The third-order valence-corrected chi connectivity index (χ3v) is 2.79. The molecule has 0 spiro atoms. The maximum atomic E-state index is 13.9. The van der Waals surface area contributed by atoms with Gasteiger partial charge in [0, 0.05) is 6.07 Å². The number of hydrogen-bond donors (Lipinski definition) is 0. The van der Waals surface area contributed by atoms with Gasteiger partial charge in [0.2, 0.25) is 5.78 Å². The van der Waals surface area contributed by atoms with Crippen LogP contribution in [0.1, 0.15) is 21.7 Å². The second-order valence-electron chi connectivity index (χ2n) is 3.95. The Kier molecular flexibility index (Phi) is 3.55. The normalized spacial score (nSPS) is 10.3. The summed E-state index contributed by atoms with van der Waals surface area (Å²) >= 11 is 0. The number of ketones is 1. The van der Waals surface area contributed by atoms with Crippen molar-refractivity contribution in [2.75, 3.05) is 14.2 Å². The molecule has 5 heteroatoms. The molecule has 2 aromatic rings. The summed E-state index contributed by atoms with van der Waals surface area (Å²) in [5.41, 5.74) is 0.537. The van der Waals surface area contributed by atoms with Crippen molar-refractivity contribution in [1.82, 2.24) is 0 Å². The minimum atomic E-state index is -0.682. The fourth-order valence-electron chi connectivity index (χ4n) is 1.76. The standard InChI is InChI=1S/C14H13FO4/c1-8-4-5-19-14(8)13(16)9-6-11(17-2)12(18-3)7-10(9)15/h4-7H,1-3H3. The summed E-state index contributed by atoms with van der Waals surface area (Å²) in [5, 5.41) is 0. The van der Waals surface area contributed by atoms with Crippen LogP contribution in [0.3, 0.4) is 0 Å². The lowest BCUT2D eigenvalue weighted by molar-refractivity contribution is 0.100. The number of halogens is 1. The maximum absolute atomic E-state index is 13.9. The zero-order valence-electron chi connectivity index (χ0n) is 10.8. The average molecular weight is 264 g/mol. The van der Waals surface area contributed by atoms with E-state index in [4.69, 9.17) is 13.9 Å². The number of furan rings is 1. The Morgan fingerprint density at radius 3 is 2.37 bits per heavy atom. The molecule has 1 aromatic carbocycles. The van der Waals surface area contributed by atoms with Gasteiger partial charge < -0.3 is 13.9 Å². The Morgan fingerprint density at radius 1 is 1.21 bits per heavy atom. The summed E-state index contributed by atoms with van der Waals surface area (Å²) < 4.78 is 29.0. The van der Waals surface area contributed by atoms with Gasteiger partial charge in [-0.2, -0.15) is 0 Å². The topological polar surface area (TPSA) is 48.7 Å². The van der Waals surface area contributed by atoms with Crippen LogP contribution in [0.4, 0.5) is 4.39 Å². The van der Waals surface area contributed by atoms with E-state index in [0.29, 0.717) is 5.56 Å². The highest BCUT2D eigenvalue weighted by molar-refractivity contribution is 6.08.